The van der Waals surface area contributed by atoms with Crippen LogP contribution in [0.5, 0.6) is 11.5 Å². The molecule has 0 unspecified atom stereocenters. The third-order valence-electron chi connectivity index (χ3n) is 4.31. The number of rotatable bonds is 8. The number of benzene rings is 1. The van der Waals surface area contributed by atoms with Gasteiger partial charge in [-0.05, 0) is 29.1 Å². The average molecular weight is 423 g/mol. The number of aryl methyl sites for hydroxylation is 1. The zero-order valence-corrected chi connectivity index (χ0v) is 16.6. The fraction of sp³-hybridized carbons (Fsp3) is 0.316. The van der Waals surface area contributed by atoms with Gasteiger partial charge in [0.1, 0.15) is 4.83 Å². The average Bonchev–Trinajstić information content (AvgIpc) is 3.17. The number of aromatic nitrogens is 2. The van der Waals surface area contributed by atoms with Gasteiger partial charge in [0.05, 0.1) is 18.8 Å². The molecule has 0 saturated heterocycles. The number of carbonyl (C=O) groups excluding carboxylic acids is 1. The third kappa shape index (κ3) is 4.89. The minimum Gasteiger partial charge on any atom is -0.493 e. The minimum atomic E-state index is -2.95. The van der Waals surface area contributed by atoms with Gasteiger partial charge in [0.25, 0.3) is 5.56 Å². The molecule has 0 saturated carbocycles. The van der Waals surface area contributed by atoms with Crippen LogP contribution in [0.1, 0.15) is 12.0 Å². The lowest BCUT2D eigenvalue weighted by Crippen LogP contribution is -2.29. The normalized spacial score (nSPS) is 11.1. The molecule has 0 fully saturated rings. The molecule has 1 amide bonds. The first-order chi connectivity index (χ1) is 13.9. The van der Waals surface area contributed by atoms with Gasteiger partial charge in [-0.2, -0.15) is 8.78 Å². The Labute approximate surface area is 169 Å². The van der Waals surface area contributed by atoms with Gasteiger partial charge < -0.3 is 14.4 Å². The molecule has 29 heavy (non-hydrogen) atoms. The Morgan fingerprint density at radius 1 is 1.31 bits per heavy atom. The summed E-state index contributed by atoms with van der Waals surface area (Å²) < 4.78 is 35.7. The molecule has 2 heterocycles. The maximum Gasteiger partial charge on any atom is 0.387 e. The van der Waals surface area contributed by atoms with Gasteiger partial charge in [-0.1, -0.05) is 6.07 Å². The Kier molecular flexibility index (Phi) is 6.42. The zero-order valence-electron chi connectivity index (χ0n) is 15.8. The van der Waals surface area contributed by atoms with E-state index in [-0.39, 0.29) is 42.5 Å². The SMILES string of the molecule is COc1cc(CN(C)C(=O)CCn2cnc3sccc3c2=O)ccc1OC(F)F. The molecule has 0 aliphatic heterocycles. The van der Waals surface area contributed by atoms with Crippen LogP contribution in [-0.2, 0) is 17.9 Å². The topological polar surface area (TPSA) is 73.7 Å². The summed E-state index contributed by atoms with van der Waals surface area (Å²) in [6.07, 6.45) is 1.57. The first kappa shape index (κ1) is 20.7. The van der Waals surface area contributed by atoms with Crippen LogP contribution >= 0.6 is 11.3 Å². The number of halogens is 2. The second kappa shape index (κ2) is 8.99. The number of ether oxygens (including phenoxy) is 2. The molecule has 2 aromatic heterocycles. The summed E-state index contributed by atoms with van der Waals surface area (Å²) >= 11 is 1.39. The lowest BCUT2D eigenvalue weighted by Gasteiger charge is -2.19. The van der Waals surface area contributed by atoms with Crippen LogP contribution in [0.15, 0.2) is 40.8 Å². The minimum absolute atomic E-state index is 0.0732. The van der Waals surface area contributed by atoms with E-state index in [1.54, 1.807) is 30.6 Å². The Hall–Kier alpha value is -3.01. The molecular formula is C19H19F2N3O4S. The summed E-state index contributed by atoms with van der Waals surface area (Å²) in [6, 6.07) is 6.22. The van der Waals surface area contributed by atoms with Gasteiger partial charge in [-0.25, -0.2) is 4.98 Å². The van der Waals surface area contributed by atoms with Crippen molar-refractivity contribution in [1.82, 2.24) is 14.5 Å². The van der Waals surface area contributed by atoms with E-state index < -0.39 is 6.61 Å². The Balaban J connectivity index is 1.62. The Bertz CT molecular complexity index is 1070. The van der Waals surface area contributed by atoms with Crippen LogP contribution in [0.25, 0.3) is 10.2 Å². The van der Waals surface area contributed by atoms with E-state index in [1.807, 2.05) is 0 Å². The molecule has 0 bridgehead atoms. The van der Waals surface area contributed by atoms with Crippen molar-refractivity contribution < 1.29 is 23.0 Å². The molecule has 7 nitrogen and oxygen atoms in total. The van der Waals surface area contributed by atoms with Crippen molar-refractivity contribution >= 4 is 27.5 Å². The number of methoxy groups -OCH3 is 1. The van der Waals surface area contributed by atoms with Crippen molar-refractivity contribution in [3.63, 3.8) is 0 Å². The third-order valence-corrected chi connectivity index (χ3v) is 5.13. The summed E-state index contributed by atoms with van der Waals surface area (Å²) in [7, 11) is 2.98. The van der Waals surface area contributed by atoms with Crippen molar-refractivity contribution in [3.8, 4) is 11.5 Å². The first-order valence-corrected chi connectivity index (χ1v) is 9.55. The molecule has 0 spiro atoms. The van der Waals surface area contributed by atoms with Crippen molar-refractivity contribution in [1.29, 1.82) is 0 Å². The summed E-state index contributed by atoms with van der Waals surface area (Å²) in [5, 5.41) is 2.34. The van der Waals surface area contributed by atoms with E-state index >= 15 is 0 Å². The maximum atomic E-state index is 12.4. The number of hydrogen-bond acceptors (Lipinski definition) is 6. The molecule has 0 N–H and O–H groups in total. The number of nitrogens with zero attached hydrogens (tertiary/aromatic N) is 3. The predicted molar refractivity (Wildman–Crippen MR) is 105 cm³/mol. The van der Waals surface area contributed by atoms with E-state index in [9.17, 15) is 18.4 Å². The van der Waals surface area contributed by atoms with Gasteiger partial charge in [0.15, 0.2) is 11.5 Å². The van der Waals surface area contributed by atoms with E-state index in [0.717, 1.165) is 0 Å². The number of thiophene rings is 1. The largest absolute Gasteiger partial charge is 0.493 e. The molecule has 154 valence electrons. The Morgan fingerprint density at radius 2 is 2.10 bits per heavy atom. The van der Waals surface area contributed by atoms with E-state index in [1.165, 1.54) is 40.3 Å². The van der Waals surface area contributed by atoms with Crippen molar-refractivity contribution in [2.75, 3.05) is 14.2 Å². The summed E-state index contributed by atoms with van der Waals surface area (Å²) in [6.45, 7) is -2.49. The number of fused-ring (bicyclic) bond motifs is 1. The smallest absolute Gasteiger partial charge is 0.387 e. The van der Waals surface area contributed by atoms with Crippen molar-refractivity contribution in [2.45, 2.75) is 26.1 Å². The van der Waals surface area contributed by atoms with Gasteiger partial charge in [0, 0.05) is 26.6 Å². The fourth-order valence-electron chi connectivity index (χ4n) is 2.83. The van der Waals surface area contributed by atoms with Gasteiger partial charge >= 0.3 is 6.61 Å². The molecule has 10 heteroatoms. The highest BCUT2D eigenvalue weighted by atomic mass is 32.1. The highest BCUT2D eigenvalue weighted by Gasteiger charge is 2.14. The van der Waals surface area contributed by atoms with Crippen molar-refractivity contribution in [3.05, 3.63) is 51.9 Å². The van der Waals surface area contributed by atoms with E-state index in [4.69, 9.17) is 4.74 Å². The quantitative estimate of drug-likeness (QED) is 0.557. The van der Waals surface area contributed by atoms with Gasteiger partial charge in [-0.3, -0.25) is 14.2 Å². The maximum absolute atomic E-state index is 12.4. The van der Waals surface area contributed by atoms with Crippen LogP contribution in [-0.4, -0.2) is 41.1 Å². The number of carbonyl (C=O) groups is 1. The van der Waals surface area contributed by atoms with E-state index in [2.05, 4.69) is 9.72 Å². The molecule has 0 radical (unpaired) electrons. The zero-order chi connectivity index (χ0) is 21.0. The second-order valence-corrected chi connectivity index (χ2v) is 7.14. The van der Waals surface area contributed by atoms with Crippen LogP contribution < -0.4 is 15.0 Å². The summed E-state index contributed by atoms with van der Waals surface area (Å²) in [5.74, 6) is -0.0875. The lowest BCUT2D eigenvalue weighted by molar-refractivity contribution is -0.130. The highest BCUT2D eigenvalue weighted by molar-refractivity contribution is 7.16. The molecule has 0 aliphatic rings. The van der Waals surface area contributed by atoms with Crippen LogP contribution in [0.3, 0.4) is 0 Å². The Morgan fingerprint density at radius 3 is 2.83 bits per heavy atom. The number of amides is 1. The van der Waals surface area contributed by atoms with Gasteiger partial charge in [-0.15, -0.1) is 11.3 Å². The monoisotopic (exact) mass is 423 g/mol. The van der Waals surface area contributed by atoms with E-state index in [0.29, 0.717) is 15.8 Å². The lowest BCUT2D eigenvalue weighted by atomic mass is 10.2. The van der Waals surface area contributed by atoms with Crippen molar-refractivity contribution in [2.24, 2.45) is 0 Å². The molecular weight excluding hydrogens is 404 g/mol. The molecule has 0 aliphatic carbocycles. The molecule has 0 atom stereocenters. The standard InChI is InChI=1S/C19H19F2N3O4S/c1-23(10-12-3-4-14(28-19(20)21)15(9-12)27-2)16(25)5-7-24-11-22-17-13(18(24)26)6-8-29-17/h3-4,6,8-9,11,19H,5,7,10H2,1-2H3. The van der Waals surface area contributed by atoms with Crippen LogP contribution in [0, 0.1) is 0 Å². The second-order valence-electron chi connectivity index (χ2n) is 6.25. The molecule has 3 aromatic rings. The molecule has 3 rings (SSSR count). The number of alkyl halides is 2. The molecule has 1 aromatic carbocycles. The highest BCUT2D eigenvalue weighted by Crippen LogP contribution is 2.29. The fourth-order valence-corrected chi connectivity index (χ4v) is 3.55. The summed E-state index contributed by atoms with van der Waals surface area (Å²) in [4.78, 5) is 31.2. The number of hydrogen-bond donors (Lipinski definition) is 0. The first-order valence-electron chi connectivity index (χ1n) is 8.67. The van der Waals surface area contributed by atoms with Crippen LogP contribution in [0.4, 0.5) is 8.78 Å². The van der Waals surface area contributed by atoms with Gasteiger partial charge in [0.2, 0.25) is 5.91 Å². The summed E-state index contributed by atoms with van der Waals surface area (Å²) in [5.41, 5.74) is 0.518. The predicted octanol–water partition coefficient (Wildman–Crippen LogP) is 3.12. The van der Waals surface area contributed by atoms with Crippen LogP contribution in [0.2, 0.25) is 0 Å².